The molecule has 1 aromatic carbocycles. The van der Waals surface area contributed by atoms with E-state index in [1.165, 1.54) is 19.3 Å². The molecule has 2 amide bonds. The van der Waals surface area contributed by atoms with Gasteiger partial charge < -0.3 is 15.1 Å². The van der Waals surface area contributed by atoms with Crippen LogP contribution in [0.1, 0.15) is 25.7 Å². The lowest BCUT2D eigenvalue weighted by molar-refractivity contribution is -0.132. The smallest absolute Gasteiger partial charge is 0.239 e. The highest BCUT2D eigenvalue weighted by atomic mass is 35.5. The molecule has 1 atom stereocenters. The Morgan fingerprint density at radius 1 is 1.12 bits per heavy atom. The predicted molar refractivity (Wildman–Crippen MR) is 95.2 cm³/mol. The molecule has 6 heteroatoms. The Hall–Kier alpha value is -1.59. The molecular formula is C18H24ClN3O2. The number of hydrogen-bond donors (Lipinski definition) is 1. The minimum absolute atomic E-state index is 0.118. The van der Waals surface area contributed by atoms with Gasteiger partial charge in [-0.1, -0.05) is 18.0 Å². The normalized spacial score (nSPS) is 22.0. The summed E-state index contributed by atoms with van der Waals surface area (Å²) in [6, 6.07) is 7.15. The number of benzene rings is 1. The zero-order valence-electron chi connectivity index (χ0n) is 13.8. The minimum atomic E-state index is -0.568. The fourth-order valence-corrected chi connectivity index (χ4v) is 3.57. The Bertz CT molecular complexity index is 584. The molecule has 2 aliphatic heterocycles. The Morgan fingerprint density at radius 2 is 1.83 bits per heavy atom. The molecule has 0 spiro atoms. The van der Waals surface area contributed by atoms with Crippen LogP contribution in [0, 0.1) is 5.92 Å². The fraction of sp³-hybridized carbons (Fsp3) is 0.556. The lowest BCUT2D eigenvalue weighted by atomic mass is 10.1. The van der Waals surface area contributed by atoms with Gasteiger partial charge in [0.1, 0.15) is 5.92 Å². The maximum absolute atomic E-state index is 12.5. The Kier molecular flexibility index (Phi) is 5.74. The summed E-state index contributed by atoms with van der Waals surface area (Å²) in [6.07, 6.45) is 4.35. The van der Waals surface area contributed by atoms with Gasteiger partial charge in [-0.3, -0.25) is 9.59 Å². The Labute approximate surface area is 147 Å². The molecule has 2 heterocycles. The summed E-state index contributed by atoms with van der Waals surface area (Å²) in [4.78, 5) is 28.9. The molecule has 5 nitrogen and oxygen atoms in total. The van der Waals surface area contributed by atoms with Crippen molar-refractivity contribution in [3.8, 4) is 0 Å². The molecule has 2 fully saturated rings. The van der Waals surface area contributed by atoms with Crippen LogP contribution in [-0.4, -0.2) is 49.4 Å². The first kappa shape index (κ1) is 17.2. The van der Waals surface area contributed by atoms with E-state index in [4.69, 9.17) is 11.6 Å². The molecule has 0 aromatic heterocycles. The second kappa shape index (κ2) is 7.99. The summed E-state index contributed by atoms with van der Waals surface area (Å²) < 4.78 is 0. The average Bonchev–Trinajstić information content (AvgIpc) is 2.98. The van der Waals surface area contributed by atoms with Crippen LogP contribution in [0.2, 0.25) is 5.02 Å². The van der Waals surface area contributed by atoms with E-state index in [0.29, 0.717) is 24.5 Å². The SMILES string of the molecule is O=C(NCCN1CCCCC1)[C@H]1CCN(c2ccc(Cl)cc2)C1=O. The van der Waals surface area contributed by atoms with Gasteiger partial charge in [-0.25, -0.2) is 0 Å². The molecule has 1 aromatic rings. The van der Waals surface area contributed by atoms with Crippen LogP contribution < -0.4 is 10.2 Å². The highest BCUT2D eigenvalue weighted by Gasteiger charge is 2.37. The first-order valence-electron chi connectivity index (χ1n) is 8.72. The minimum Gasteiger partial charge on any atom is -0.354 e. The quantitative estimate of drug-likeness (QED) is 0.830. The van der Waals surface area contributed by atoms with Crippen LogP contribution in [0.3, 0.4) is 0 Å². The highest BCUT2D eigenvalue weighted by Crippen LogP contribution is 2.26. The third-order valence-corrected chi connectivity index (χ3v) is 5.09. The summed E-state index contributed by atoms with van der Waals surface area (Å²) in [5, 5.41) is 3.57. The summed E-state index contributed by atoms with van der Waals surface area (Å²) in [7, 11) is 0. The maximum atomic E-state index is 12.5. The molecule has 0 bridgehead atoms. The van der Waals surface area contributed by atoms with Crippen molar-refractivity contribution in [1.82, 2.24) is 10.2 Å². The van der Waals surface area contributed by atoms with Gasteiger partial charge in [0.15, 0.2) is 0 Å². The predicted octanol–water partition coefficient (Wildman–Crippen LogP) is 2.29. The van der Waals surface area contributed by atoms with E-state index in [1.807, 2.05) is 12.1 Å². The fourth-order valence-electron chi connectivity index (χ4n) is 3.44. The van der Waals surface area contributed by atoms with Crippen LogP contribution in [0.15, 0.2) is 24.3 Å². The molecule has 24 heavy (non-hydrogen) atoms. The van der Waals surface area contributed by atoms with Crippen molar-refractivity contribution in [2.24, 2.45) is 5.92 Å². The number of amides is 2. The van der Waals surface area contributed by atoms with Gasteiger partial charge >= 0.3 is 0 Å². The van der Waals surface area contributed by atoms with Gasteiger partial charge in [0.05, 0.1) is 0 Å². The molecule has 1 N–H and O–H groups in total. The summed E-state index contributed by atoms with van der Waals surface area (Å²) in [5.74, 6) is -0.830. The van der Waals surface area contributed by atoms with Crippen molar-refractivity contribution < 1.29 is 9.59 Å². The van der Waals surface area contributed by atoms with Gasteiger partial charge in [-0.15, -0.1) is 0 Å². The van der Waals surface area contributed by atoms with E-state index in [9.17, 15) is 9.59 Å². The van der Waals surface area contributed by atoms with E-state index in [1.54, 1.807) is 17.0 Å². The Morgan fingerprint density at radius 3 is 2.54 bits per heavy atom. The topological polar surface area (TPSA) is 52.7 Å². The third-order valence-electron chi connectivity index (χ3n) is 4.84. The number of piperidine rings is 1. The number of anilines is 1. The number of carbonyl (C=O) groups is 2. The third kappa shape index (κ3) is 4.08. The monoisotopic (exact) mass is 349 g/mol. The molecule has 0 unspecified atom stereocenters. The van der Waals surface area contributed by atoms with Gasteiger partial charge in [0.25, 0.3) is 0 Å². The van der Waals surface area contributed by atoms with Crippen molar-refractivity contribution in [3.63, 3.8) is 0 Å². The lowest BCUT2D eigenvalue weighted by Crippen LogP contribution is -2.41. The van der Waals surface area contributed by atoms with Gasteiger partial charge in [0, 0.05) is 30.3 Å². The standard InChI is InChI=1S/C18H24ClN3O2/c19-14-4-6-15(7-5-14)22-12-8-16(18(22)24)17(23)20-9-13-21-10-2-1-3-11-21/h4-7,16H,1-3,8-13H2,(H,20,23)/t16-/m1/s1. The highest BCUT2D eigenvalue weighted by molar-refractivity contribution is 6.30. The van der Waals surface area contributed by atoms with Crippen LogP contribution in [0.25, 0.3) is 0 Å². The van der Waals surface area contributed by atoms with Crippen molar-refractivity contribution in [2.45, 2.75) is 25.7 Å². The van der Waals surface area contributed by atoms with E-state index >= 15 is 0 Å². The van der Waals surface area contributed by atoms with E-state index in [2.05, 4.69) is 10.2 Å². The molecule has 2 aliphatic rings. The van der Waals surface area contributed by atoms with Crippen LogP contribution in [0.4, 0.5) is 5.69 Å². The van der Waals surface area contributed by atoms with Crippen molar-refractivity contribution in [1.29, 1.82) is 0 Å². The first-order valence-corrected chi connectivity index (χ1v) is 9.10. The number of hydrogen-bond acceptors (Lipinski definition) is 3. The van der Waals surface area contributed by atoms with Gasteiger partial charge in [-0.2, -0.15) is 0 Å². The van der Waals surface area contributed by atoms with E-state index in [0.717, 1.165) is 25.3 Å². The lowest BCUT2D eigenvalue weighted by Gasteiger charge is -2.26. The van der Waals surface area contributed by atoms with Crippen LogP contribution in [0.5, 0.6) is 0 Å². The summed E-state index contributed by atoms with van der Waals surface area (Å²) >= 11 is 5.88. The van der Waals surface area contributed by atoms with E-state index in [-0.39, 0.29) is 11.8 Å². The van der Waals surface area contributed by atoms with Gasteiger partial charge in [0.2, 0.25) is 11.8 Å². The van der Waals surface area contributed by atoms with Crippen molar-refractivity contribution in [3.05, 3.63) is 29.3 Å². The second-order valence-corrected chi connectivity index (χ2v) is 6.94. The number of carbonyl (C=O) groups excluding carboxylic acids is 2. The molecule has 0 saturated carbocycles. The number of nitrogens with one attached hydrogen (secondary N) is 1. The summed E-state index contributed by atoms with van der Waals surface area (Å²) in [5.41, 5.74) is 0.799. The zero-order chi connectivity index (χ0) is 16.9. The first-order chi connectivity index (χ1) is 11.6. The summed E-state index contributed by atoms with van der Waals surface area (Å²) in [6.45, 7) is 4.28. The molecular weight excluding hydrogens is 326 g/mol. The van der Waals surface area contributed by atoms with Crippen molar-refractivity contribution in [2.75, 3.05) is 37.6 Å². The largest absolute Gasteiger partial charge is 0.354 e. The van der Waals surface area contributed by atoms with Crippen LogP contribution >= 0.6 is 11.6 Å². The molecule has 0 radical (unpaired) electrons. The average molecular weight is 350 g/mol. The van der Waals surface area contributed by atoms with Crippen LogP contribution in [-0.2, 0) is 9.59 Å². The Balaban J connectivity index is 1.49. The molecule has 130 valence electrons. The number of likely N-dealkylation sites (tertiary alicyclic amines) is 1. The van der Waals surface area contributed by atoms with Gasteiger partial charge in [-0.05, 0) is 56.6 Å². The zero-order valence-corrected chi connectivity index (χ0v) is 14.6. The maximum Gasteiger partial charge on any atom is 0.239 e. The number of nitrogens with zero attached hydrogens (tertiary/aromatic N) is 2. The second-order valence-electron chi connectivity index (χ2n) is 6.50. The molecule has 2 saturated heterocycles. The van der Waals surface area contributed by atoms with E-state index < -0.39 is 5.92 Å². The number of rotatable bonds is 5. The molecule has 3 rings (SSSR count). The molecule has 0 aliphatic carbocycles. The number of halogens is 1. The van der Waals surface area contributed by atoms with Crippen molar-refractivity contribution >= 4 is 29.1 Å².